The summed E-state index contributed by atoms with van der Waals surface area (Å²) >= 11 is 0. The maximum absolute atomic E-state index is 13.6. The van der Waals surface area contributed by atoms with Crippen molar-refractivity contribution in [3.05, 3.63) is 64.6 Å². The third-order valence-electron chi connectivity index (χ3n) is 4.95. The molecule has 0 saturated heterocycles. The monoisotopic (exact) mass is 402 g/mol. The Morgan fingerprint density at radius 1 is 1.24 bits per heavy atom. The van der Waals surface area contributed by atoms with Crippen LogP contribution in [0.4, 0.5) is 25.9 Å². The van der Waals surface area contributed by atoms with Gasteiger partial charge in [0.2, 0.25) is 0 Å². The predicted octanol–water partition coefficient (Wildman–Crippen LogP) is 3.15. The van der Waals surface area contributed by atoms with Gasteiger partial charge >= 0.3 is 0 Å². The van der Waals surface area contributed by atoms with Gasteiger partial charge in [-0.3, -0.25) is 4.79 Å². The zero-order valence-electron chi connectivity index (χ0n) is 16.1. The summed E-state index contributed by atoms with van der Waals surface area (Å²) in [4.78, 5) is 14.9. The normalized spacial score (nSPS) is 13.7. The van der Waals surface area contributed by atoms with Crippen LogP contribution >= 0.6 is 0 Å². The van der Waals surface area contributed by atoms with E-state index in [2.05, 4.69) is 5.32 Å². The zero-order chi connectivity index (χ0) is 21.0. The number of benzene rings is 2. The molecule has 154 valence electrons. The Morgan fingerprint density at radius 3 is 2.72 bits per heavy atom. The highest BCUT2D eigenvalue weighted by Gasteiger charge is 2.28. The number of hydrogen-bond acceptors (Lipinski definition) is 5. The third kappa shape index (κ3) is 4.65. The molecule has 0 aromatic heterocycles. The lowest BCUT2D eigenvalue weighted by Gasteiger charge is -2.21. The van der Waals surface area contributed by atoms with E-state index in [1.54, 1.807) is 29.5 Å². The lowest BCUT2D eigenvalue weighted by molar-refractivity contribution is -0.114. The van der Waals surface area contributed by atoms with E-state index in [-0.39, 0.29) is 23.8 Å². The highest BCUT2D eigenvalue weighted by molar-refractivity contribution is 6.06. The number of halogens is 2. The van der Waals surface area contributed by atoms with E-state index in [4.69, 9.17) is 5.73 Å². The van der Waals surface area contributed by atoms with Crippen molar-refractivity contribution in [2.24, 2.45) is 0 Å². The molecule has 0 fully saturated rings. The van der Waals surface area contributed by atoms with Crippen molar-refractivity contribution in [3.63, 3.8) is 0 Å². The van der Waals surface area contributed by atoms with Crippen LogP contribution in [0.3, 0.4) is 0 Å². The predicted molar refractivity (Wildman–Crippen MR) is 109 cm³/mol. The van der Waals surface area contributed by atoms with Crippen molar-refractivity contribution >= 4 is 23.0 Å². The van der Waals surface area contributed by atoms with Crippen LogP contribution in [0.5, 0.6) is 0 Å². The Labute approximate surface area is 167 Å². The highest BCUT2D eigenvalue weighted by Crippen LogP contribution is 2.30. The topological polar surface area (TPSA) is 90.6 Å². The van der Waals surface area contributed by atoms with Crippen LogP contribution in [0, 0.1) is 12.7 Å². The maximum atomic E-state index is 13.6. The van der Waals surface area contributed by atoms with Crippen molar-refractivity contribution in [2.45, 2.75) is 19.8 Å². The van der Waals surface area contributed by atoms with Gasteiger partial charge in [0.05, 0.1) is 18.0 Å². The minimum Gasteiger partial charge on any atom is -0.399 e. The number of amides is 1. The summed E-state index contributed by atoms with van der Waals surface area (Å²) in [7, 11) is 0. The molecule has 0 atom stereocenters. The number of nitrogens with one attached hydrogen (secondary N) is 2. The van der Waals surface area contributed by atoms with E-state index < -0.39 is 5.91 Å². The molecule has 0 unspecified atom stereocenters. The number of anilines is 3. The van der Waals surface area contributed by atoms with Gasteiger partial charge in [-0.25, -0.2) is 9.93 Å². The van der Waals surface area contributed by atoms with Gasteiger partial charge in [0, 0.05) is 18.8 Å². The van der Waals surface area contributed by atoms with Gasteiger partial charge in [0.25, 0.3) is 5.91 Å². The van der Waals surface area contributed by atoms with Crippen molar-refractivity contribution in [1.82, 2.24) is 4.90 Å². The molecule has 6 nitrogen and oxygen atoms in total. The number of carbonyl (C=O) groups is 1. The molecule has 1 heterocycles. The number of nitrogen functional groups attached to an aromatic ring is 1. The lowest BCUT2D eigenvalue weighted by atomic mass is 10.0. The average molecular weight is 402 g/mol. The fourth-order valence-corrected chi connectivity index (χ4v) is 3.54. The Morgan fingerprint density at radius 2 is 2.03 bits per heavy atom. The highest BCUT2D eigenvalue weighted by atomic mass is 19.2. The van der Waals surface area contributed by atoms with Gasteiger partial charge in [-0.05, 0) is 60.7 Å². The van der Waals surface area contributed by atoms with Gasteiger partial charge in [0.15, 0.2) is 0 Å². The van der Waals surface area contributed by atoms with E-state index in [0.29, 0.717) is 42.9 Å². The standard InChI is InChI=1S/C21H24F2N4O2/c1-13-10-14(2-4-17(13)22)11-15-6-7-27(8-9-28)20(15)21(29)25-19-12-16(24)3-5-18(19)26-23/h2-5,10,12,26,28H,6-9,11,24H2,1H3,(H,25,29). The number of rotatable bonds is 7. The molecule has 0 radical (unpaired) electrons. The van der Waals surface area contributed by atoms with Gasteiger partial charge in [-0.15, -0.1) is 4.48 Å². The molecule has 5 N–H and O–H groups in total. The number of aliphatic hydroxyl groups excluding tert-OH is 1. The molecule has 0 aliphatic carbocycles. The van der Waals surface area contributed by atoms with E-state index in [1.807, 2.05) is 0 Å². The molecule has 8 heteroatoms. The molecular formula is C21H24F2N4O2. The summed E-state index contributed by atoms with van der Waals surface area (Å²) in [6, 6.07) is 9.29. The van der Waals surface area contributed by atoms with Gasteiger partial charge in [-0.2, -0.15) is 0 Å². The van der Waals surface area contributed by atoms with Crippen LogP contribution in [0.25, 0.3) is 0 Å². The summed E-state index contributed by atoms with van der Waals surface area (Å²) in [5.41, 5.74) is 10.7. The zero-order valence-corrected chi connectivity index (χ0v) is 16.1. The summed E-state index contributed by atoms with van der Waals surface area (Å²) < 4.78 is 26.6. The molecule has 0 spiro atoms. The first-order valence-electron chi connectivity index (χ1n) is 9.33. The SMILES string of the molecule is Cc1cc(CC2=C(C(=O)Nc3cc(N)ccc3NF)N(CCO)CC2)ccc1F. The molecular weight excluding hydrogens is 378 g/mol. The smallest absolute Gasteiger partial charge is 0.271 e. The molecule has 29 heavy (non-hydrogen) atoms. The van der Waals surface area contributed by atoms with Crippen LogP contribution in [-0.2, 0) is 11.2 Å². The Hall–Kier alpha value is -3.13. The second-order valence-corrected chi connectivity index (χ2v) is 7.03. The van der Waals surface area contributed by atoms with E-state index in [9.17, 15) is 18.8 Å². The number of aryl methyl sites for hydroxylation is 1. The molecule has 0 bridgehead atoms. The van der Waals surface area contributed by atoms with Gasteiger partial charge < -0.3 is 21.1 Å². The first-order valence-corrected chi connectivity index (χ1v) is 9.33. The van der Waals surface area contributed by atoms with Crippen molar-refractivity contribution in [1.29, 1.82) is 0 Å². The van der Waals surface area contributed by atoms with Crippen LogP contribution in [0.1, 0.15) is 17.5 Å². The quantitative estimate of drug-likeness (QED) is 0.422. The van der Waals surface area contributed by atoms with Crippen LogP contribution in [0.2, 0.25) is 0 Å². The van der Waals surface area contributed by atoms with Crippen LogP contribution < -0.4 is 16.6 Å². The number of nitrogens with zero attached hydrogens (tertiary/aromatic N) is 1. The van der Waals surface area contributed by atoms with Crippen molar-refractivity contribution in [2.75, 3.05) is 36.3 Å². The number of nitrogens with two attached hydrogens (primary N) is 1. The third-order valence-corrected chi connectivity index (χ3v) is 4.95. The minimum absolute atomic E-state index is 0.0931. The number of β-amino-alcohol motifs (C(OH)–C–C–N with tert-alkyl or cyclic N) is 1. The van der Waals surface area contributed by atoms with Crippen molar-refractivity contribution < 1.29 is 18.8 Å². The fourth-order valence-electron chi connectivity index (χ4n) is 3.54. The van der Waals surface area contributed by atoms with Gasteiger partial charge in [0.1, 0.15) is 11.5 Å². The maximum Gasteiger partial charge on any atom is 0.271 e. The number of hydrogen-bond donors (Lipinski definition) is 4. The molecule has 2 aromatic carbocycles. The van der Waals surface area contributed by atoms with Gasteiger partial charge in [-0.1, -0.05) is 12.1 Å². The van der Waals surface area contributed by atoms with E-state index >= 15 is 0 Å². The largest absolute Gasteiger partial charge is 0.399 e. The Kier molecular flexibility index (Phi) is 6.33. The Bertz CT molecular complexity index is 946. The second kappa shape index (κ2) is 8.91. The summed E-state index contributed by atoms with van der Waals surface area (Å²) in [5.74, 6) is -0.686. The van der Waals surface area contributed by atoms with E-state index in [0.717, 1.165) is 11.1 Å². The first kappa shape index (κ1) is 20.6. The molecule has 0 saturated carbocycles. The van der Waals surface area contributed by atoms with Crippen molar-refractivity contribution in [3.8, 4) is 0 Å². The number of aliphatic hydroxyl groups is 1. The molecule has 1 aliphatic heterocycles. The number of carbonyl (C=O) groups excluding carboxylic acids is 1. The van der Waals surface area contributed by atoms with E-state index in [1.165, 1.54) is 24.3 Å². The first-order chi connectivity index (χ1) is 13.9. The Balaban J connectivity index is 1.91. The molecule has 2 aromatic rings. The fraction of sp³-hybridized carbons (Fsp3) is 0.286. The molecule has 3 rings (SSSR count). The average Bonchev–Trinajstić information content (AvgIpc) is 3.07. The lowest BCUT2D eigenvalue weighted by Crippen LogP contribution is -2.31. The minimum atomic E-state index is -0.410. The second-order valence-electron chi connectivity index (χ2n) is 7.03. The molecule has 1 aliphatic rings. The summed E-state index contributed by atoms with van der Waals surface area (Å²) in [5, 5.41) is 12.1. The molecule has 1 amide bonds. The summed E-state index contributed by atoms with van der Waals surface area (Å²) in [6.07, 6.45) is 1.13. The summed E-state index contributed by atoms with van der Waals surface area (Å²) in [6.45, 7) is 2.48. The van der Waals surface area contributed by atoms with Crippen LogP contribution in [0.15, 0.2) is 47.7 Å². The van der Waals surface area contributed by atoms with Crippen LogP contribution in [-0.4, -0.2) is 35.6 Å².